The van der Waals surface area contributed by atoms with Crippen LogP contribution in [0.5, 0.6) is 0 Å². The third kappa shape index (κ3) is 6.92. The maximum Gasteiger partial charge on any atom is 0.410 e. The highest BCUT2D eigenvalue weighted by atomic mass is 19.1. The lowest BCUT2D eigenvalue weighted by Gasteiger charge is -2.29. The number of benzene rings is 3. The Morgan fingerprint density at radius 1 is 0.860 bits per heavy atom. The molecule has 0 radical (unpaired) electrons. The molecular formula is C40H36F3N5O2. The molecule has 1 amide bonds. The van der Waals surface area contributed by atoms with Gasteiger partial charge in [-0.15, -0.1) is 0 Å². The Balaban J connectivity index is 1.21. The van der Waals surface area contributed by atoms with Crippen molar-refractivity contribution >= 4 is 22.7 Å². The van der Waals surface area contributed by atoms with Crippen LogP contribution in [0.4, 0.5) is 18.0 Å². The zero-order chi connectivity index (χ0) is 35.2. The molecule has 4 heterocycles. The summed E-state index contributed by atoms with van der Waals surface area (Å²) in [4.78, 5) is 19.0. The van der Waals surface area contributed by atoms with E-state index in [4.69, 9.17) is 9.72 Å². The van der Waals surface area contributed by atoms with Crippen molar-refractivity contribution in [3.05, 3.63) is 132 Å². The van der Waals surface area contributed by atoms with Gasteiger partial charge in [0.25, 0.3) is 0 Å². The number of nitrogens with zero attached hydrogens (tertiary/aromatic N) is 5. The Bertz CT molecular complexity index is 2240. The molecule has 0 N–H and O–H groups in total. The standard InChI is InChI=1S/C40H36F3N5O2/c1-25-5-8-33(9-6-25)48-24-36(30-21-45-47(23-30)22-26-15-31(41)19-32(42)16-26)35-17-29(20-44-38(35)48)28-7-10-34(37(43)18-28)27-11-13-46(14-12-27)39(49)50-40(2,3)4/h5-11,15-21,23-24H,12-14,22H2,1-4H3. The number of aromatic nitrogens is 4. The zero-order valence-corrected chi connectivity index (χ0v) is 28.3. The van der Waals surface area contributed by atoms with Crippen molar-refractivity contribution in [1.82, 2.24) is 24.2 Å². The largest absolute Gasteiger partial charge is 0.444 e. The number of carbonyl (C=O) groups is 1. The van der Waals surface area contributed by atoms with Crippen LogP contribution in [-0.2, 0) is 11.3 Å². The van der Waals surface area contributed by atoms with Gasteiger partial charge in [-0.25, -0.2) is 22.9 Å². The topological polar surface area (TPSA) is 65.2 Å². The van der Waals surface area contributed by atoms with Crippen molar-refractivity contribution in [1.29, 1.82) is 0 Å². The zero-order valence-electron chi connectivity index (χ0n) is 28.3. The highest BCUT2D eigenvalue weighted by molar-refractivity contribution is 5.97. The second-order valence-electron chi connectivity index (χ2n) is 13.6. The van der Waals surface area contributed by atoms with Gasteiger partial charge in [0.05, 0.1) is 12.7 Å². The number of aryl methyl sites for hydroxylation is 1. The number of rotatable bonds is 6. The number of fused-ring (bicyclic) bond motifs is 1. The Hall–Kier alpha value is -5.64. The van der Waals surface area contributed by atoms with Crippen LogP contribution < -0.4 is 0 Å². The van der Waals surface area contributed by atoms with Gasteiger partial charge in [-0.2, -0.15) is 5.10 Å². The molecule has 7 nitrogen and oxygen atoms in total. The Kier molecular flexibility index (Phi) is 8.55. The van der Waals surface area contributed by atoms with Crippen LogP contribution in [-0.4, -0.2) is 49.0 Å². The predicted molar refractivity (Wildman–Crippen MR) is 188 cm³/mol. The molecule has 10 heteroatoms. The molecule has 7 rings (SSSR count). The van der Waals surface area contributed by atoms with Crippen LogP contribution in [0.15, 0.2) is 97.6 Å². The van der Waals surface area contributed by atoms with Gasteiger partial charge in [0.1, 0.15) is 28.7 Å². The van der Waals surface area contributed by atoms with E-state index in [0.29, 0.717) is 41.8 Å². The second-order valence-corrected chi connectivity index (χ2v) is 13.6. The molecule has 1 aliphatic rings. The summed E-state index contributed by atoms with van der Waals surface area (Å²) in [5.41, 5.74) is 7.05. The molecular weight excluding hydrogens is 639 g/mol. The van der Waals surface area contributed by atoms with E-state index in [9.17, 15) is 13.6 Å². The normalized spacial score (nSPS) is 13.5. The first kappa shape index (κ1) is 32.9. The average Bonchev–Trinajstić information content (AvgIpc) is 3.68. The van der Waals surface area contributed by atoms with E-state index in [2.05, 4.69) is 5.10 Å². The van der Waals surface area contributed by atoms with E-state index in [-0.39, 0.29) is 18.5 Å². The quantitative estimate of drug-likeness (QED) is 0.177. The summed E-state index contributed by atoms with van der Waals surface area (Å²) < 4.78 is 52.5. The van der Waals surface area contributed by atoms with Gasteiger partial charge >= 0.3 is 6.09 Å². The molecule has 50 heavy (non-hydrogen) atoms. The molecule has 0 saturated carbocycles. The van der Waals surface area contributed by atoms with Crippen molar-refractivity contribution in [2.24, 2.45) is 0 Å². The monoisotopic (exact) mass is 675 g/mol. The van der Waals surface area contributed by atoms with Gasteiger partial charge in [0.15, 0.2) is 0 Å². The smallest absolute Gasteiger partial charge is 0.410 e. The Labute approximate surface area is 288 Å². The highest BCUT2D eigenvalue weighted by Crippen LogP contribution is 2.36. The minimum absolute atomic E-state index is 0.190. The second kappa shape index (κ2) is 13.0. The molecule has 254 valence electrons. The summed E-state index contributed by atoms with van der Waals surface area (Å²) in [5, 5.41) is 5.32. The molecule has 0 unspecified atom stereocenters. The molecule has 3 aromatic heterocycles. The van der Waals surface area contributed by atoms with Crippen LogP contribution in [0, 0.1) is 24.4 Å². The summed E-state index contributed by atoms with van der Waals surface area (Å²) in [5.74, 6) is -1.64. The number of ether oxygens (including phenoxy) is 1. The van der Waals surface area contributed by atoms with Crippen molar-refractivity contribution in [2.45, 2.75) is 46.3 Å². The fourth-order valence-corrected chi connectivity index (χ4v) is 6.24. The molecule has 6 aromatic rings. The summed E-state index contributed by atoms with van der Waals surface area (Å²) in [6, 6.07) is 18.7. The maximum atomic E-state index is 15.7. The number of hydrogen-bond acceptors (Lipinski definition) is 4. The van der Waals surface area contributed by atoms with Crippen LogP contribution >= 0.6 is 0 Å². The van der Waals surface area contributed by atoms with E-state index in [1.807, 2.05) is 87.1 Å². The number of pyridine rings is 1. The van der Waals surface area contributed by atoms with E-state index in [1.165, 1.54) is 18.2 Å². The first-order valence-corrected chi connectivity index (χ1v) is 16.4. The van der Waals surface area contributed by atoms with Crippen LogP contribution in [0.2, 0.25) is 0 Å². The summed E-state index contributed by atoms with van der Waals surface area (Å²) >= 11 is 0. The maximum absolute atomic E-state index is 15.7. The molecule has 0 fully saturated rings. The fourth-order valence-electron chi connectivity index (χ4n) is 6.24. The van der Waals surface area contributed by atoms with Crippen LogP contribution in [0.1, 0.15) is 43.9 Å². The van der Waals surface area contributed by atoms with Crippen LogP contribution in [0.25, 0.3) is 44.5 Å². The van der Waals surface area contributed by atoms with Gasteiger partial charge in [-0.3, -0.25) is 4.68 Å². The summed E-state index contributed by atoms with van der Waals surface area (Å²) in [6.07, 6.45) is 9.30. The number of carbonyl (C=O) groups excluding carboxylic acids is 1. The third-order valence-corrected chi connectivity index (χ3v) is 8.68. The third-order valence-electron chi connectivity index (χ3n) is 8.68. The lowest BCUT2D eigenvalue weighted by Crippen LogP contribution is -2.39. The highest BCUT2D eigenvalue weighted by Gasteiger charge is 2.25. The predicted octanol–water partition coefficient (Wildman–Crippen LogP) is 9.35. The van der Waals surface area contributed by atoms with Gasteiger partial charge < -0.3 is 14.2 Å². The number of amides is 1. The van der Waals surface area contributed by atoms with Crippen molar-refractivity contribution in [2.75, 3.05) is 13.1 Å². The number of hydrogen-bond donors (Lipinski definition) is 0. The molecule has 1 aliphatic heterocycles. The number of halogens is 3. The molecule has 3 aromatic carbocycles. The van der Waals surface area contributed by atoms with E-state index >= 15 is 4.39 Å². The van der Waals surface area contributed by atoms with E-state index in [0.717, 1.165) is 45.0 Å². The first-order chi connectivity index (χ1) is 23.9. The Morgan fingerprint density at radius 2 is 1.62 bits per heavy atom. The SMILES string of the molecule is Cc1ccc(-n2cc(-c3cnn(Cc4cc(F)cc(F)c4)c3)c3cc(-c4ccc(C5=CCN(C(=O)OC(C)(C)C)CC5)c(F)c4)cnc32)cc1. The van der Waals surface area contributed by atoms with Crippen molar-refractivity contribution in [3.63, 3.8) is 0 Å². The molecule has 0 aliphatic carbocycles. The molecule has 0 saturated heterocycles. The van der Waals surface area contributed by atoms with Gasteiger partial charge in [-0.05, 0) is 87.2 Å². The minimum atomic E-state index is -0.642. The van der Waals surface area contributed by atoms with Gasteiger partial charge in [0.2, 0.25) is 0 Å². The first-order valence-electron chi connectivity index (χ1n) is 16.4. The average molecular weight is 676 g/mol. The van der Waals surface area contributed by atoms with Gasteiger partial charge in [-0.1, -0.05) is 35.9 Å². The summed E-state index contributed by atoms with van der Waals surface area (Å²) in [7, 11) is 0. The molecule has 0 atom stereocenters. The van der Waals surface area contributed by atoms with Crippen molar-refractivity contribution in [3.8, 4) is 27.9 Å². The van der Waals surface area contributed by atoms with Crippen molar-refractivity contribution < 1.29 is 22.7 Å². The van der Waals surface area contributed by atoms with E-state index in [1.54, 1.807) is 28.0 Å². The van der Waals surface area contributed by atoms with E-state index < -0.39 is 17.2 Å². The lowest BCUT2D eigenvalue weighted by molar-refractivity contribution is 0.0270. The summed E-state index contributed by atoms with van der Waals surface area (Å²) in [6.45, 7) is 8.50. The van der Waals surface area contributed by atoms with Gasteiger partial charge in [0, 0.05) is 71.1 Å². The molecule has 0 spiro atoms. The lowest BCUT2D eigenvalue weighted by atomic mass is 9.96. The van der Waals surface area contributed by atoms with Crippen LogP contribution in [0.3, 0.4) is 0 Å². The Morgan fingerprint density at radius 3 is 2.30 bits per heavy atom. The minimum Gasteiger partial charge on any atom is -0.444 e. The fraction of sp³-hybridized carbons (Fsp3) is 0.225. The molecule has 0 bridgehead atoms.